The van der Waals surface area contributed by atoms with E-state index in [0.717, 1.165) is 5.69 Å². The standard InChI is InChI=1S/C20H28N4O7/c25-15(26)13-20(31)3-7-23(8-4-20)18(29)16(27)17(28)19(30)24-11-9-22(10-12-24)14-1-5-21-6-2-14/h1-2,5-6,16-17,27-28,31H,3-4,7-13H2,(H,25,26). The number of aliphatic carboxylic acids is 1. The van der Waals surface area contributed by atoms with E-state index in [1.165, 1.54) is 9.80 Å². The zero-order valence-corrected chi connectivity index (χ0v) is 17.1. The number of piperidine rings is 1. The summed E-state index contributed by atoms with van der Waals surface area (Å²) in [6.45, 7) is 1.83. The fourth-order valence-corrected chi connectivity index (χ4v) is 3.99. The van der Waals surface area contributed by atoms with Crippen molar-refractivity contribution in [2.75, 3.05) is 44.2 Å². The first-order valence-electron chi connectivity index (χ1n) is 10.2. The number of carboxylic acid groups (broad SMARTS) is 1. The van der Waals surface area contributed by atoms with Crippen LogP contribution in [0.2, 0.25) is 0 Å². The van der Waals surface area contributed by atoms with Gasteiger partial charge in [-0.3, -0.25) is 19.4 Å². The molecule has 2 amide bonds. The Labute approximate surface area is 179 Å². The van der Waals surface area contributed by atoms with Crippen LogP contribution < -0.4 is 4.90 Å². The molecule has 2 saturated heterocycles. The summed E-state index contributed by atoms with van der Waals surface area (Å²) in [5.41, 5.74) is -0.429. The second-order valence-corrected chi connectivity index (χ2v) is 8.03. The van der Waals surface area contributed by atoms with Crippen LogP contribution in [0.4, 0.5) is 5.69 Å². The van der Waals surface area contributed by atoms with Crippen LogP contribution in [0.5, 0.6) is 0 Å². The molecule has 11 heteroatoms. The summed E-state index contributed by atoms with van der Waals surface area (Å²) in [5, 5.41) is 39.7. The molecule has 0 saturated carbocycles. The minimum absolute atomic E-state index is 0.0329. The Balaban J connectivity index is 1.50. The third-order valence-electron chi connectivity index (χ3n) is 5.91. The van der Waals surface area contributed by atoms with Gasteiger partial charge < -0.3 is 35.1 Å². The molecule has 31 heavy (non-hydrogen) atoms. The van der Waals surface area contributed by atoms with Crippen molar-refractivity contribution in [2.45, 2.75) is 37.1 Å². The monoisotopic (exact) mass is 436 g/mol. The molecule has 4 N–H and O–H groups in total. The Morgan fingerprint density at radius 3 is 1.87 bits per heavy atom. The molecule has 0 bridgehead atoms. The third kappa shape index (κ3) is 5.49. The van der Waals surface area contributed by atoms with Gasteiger partial charge in [0.25, 0.3) is 11.8 Å². The van der Waals surface area contributed by atoms with Crippen molar-refractivity contribution in [3.8, 4) is 0 Å². The van der Waals surface area contributed by atoms with Crippen molar-refractivity contribution in [3.05, 3.63) is 24.5 Å². The molecule has 11 nitrogen and oxygen atoms in total. The fourth-order valence-electron chi connectivity index (χ4n) is 3.99. The normalized spacial score (nSPS) is 20.8. The number of carbonyl (C=O) groups is 3. The van der Waals surface area contributed by atoms with E-state index in [-0.39, 0.29) is 25.9 Å². The van der Waals surface area contributed by atoms with Gasteiger partial charge >= 0.3 is 5.97 Å². The Hall–Kier alpha value is -2.76. The van der Waals surface area contributed by atoms with E-state index in [9.17, 15) is 29.7 Å². The van der Waals surface area contributed by atoms with Gasteiger partial charge in [-0.2, -0.15) is 0 Å². The second kappa shape index (κ2) is 9.58. The van der Waals surface area contributed by atoms with Crippen LogP contribution in [0, 0.1) is 0 Å². The summed E-state index contributed by atoms with van der Waals surface area (Å²) in [6, 6.07) is 3.73. The zero-order chi connectivity index (χ0) is 22.6. The molecule has 3 rings (SSSR count). The lowest BCUT2D eigenvalue weighted by molar-refractivity contribution is -0.161. The lowest BCUT2D eigenvalue weighted by Gasteiger charge is -2.39. The van der Waals surface area contributed by atoms with Crippen LogP contribution >= 0.6 is 0 Å². The quantitative estimate of drug-likeness (QED) is 0.408. The largest absolute Gasteiger partial charge is 0.481 e. The molecular formula is C20H28N4O7. The number of pyridine rings is 1. The Bertz CT molecular complexity index is 790. The predicted octanol–water partition coefficient (Wildman–Crippen LogP) is -1.72. The van der Waals surface area contributed by atoms with Gasteiger partial charge in [0.15, 0.2) is 12.2 Å². The number of aliphatic hydroxyl groups is 3. The molecule has 2 fully saturated rings. The van der Waals surface area contributed by atoms with Crippen molar-refractivity contribution < 1.29 is 34.8 Å². The number of carbonyl (C=O) groups excluding carboxylic acids is 2. The molecular weight excluding hydrogens is 408 g/mol. The highest BCUT2D eigenvalue weighted by Gasteiger charge is 2.40. The van der Waals surface area contributed by atoms with E-state index in [1.54, 1.807) is 12.4 Å². The Kier molecular flexibility index (Phi) is 7.08. The number of likely N-dealkylation sites (tertiary alicyclic amines) is 1. The van der Waals surface area contributed by atoms with E-state index in [1.807, 2.05) is 12.1 Å². The van der Waals surface area contributed by atoms with E-state index in [2.05, 4.69) is 9.88 Å². The number of hydrogen-bond donors (Lipinski definition) is 4. The summed E-state index contributed by atoms with van der Waals surface area (Å²) in [6.07, 6.45) is -0.790. The molecule has 3 heterocycles. The molecule has 0 aromatic carbocycles. The maximum absolute atomic E-state index is 12.6. The SMILES string of the molecule is O=C(O)CC1(O)CCN(C(=O)C(O)C(O)C(=O)N2CCN(c3ccncc3)CC2)CC1. The zero-order valence-electron chi connectivity index (χ0n) is 17.1. The number of rotatable bonds is 6. The molecule has 2 aliphatic heterocycles. The average molecular weight is 436 g/mol. The van der Waals surface area contributed by atoms with Crippen molar-refractivity contribution >= 4 is 23.5 Å². The first-order valence-corrected chi connectivity index (χ1v) is 10.2. The predicted molar refractivity (Wildman–Crippen MR) is 108 cm³/mol. The number of amides is 2. The number of aliphatic hydroxyl groups excluding tert-OH is 2. The molecule has 1 aromatic rings. The van der Waals surface area contributed by atoms with Gasteiger partial charge in [0.1, 0.15) is 0 Å². The van der Waals surface area contributed by atoms with Gasteiger partial charge in [0.05, 0.1) is 12.0 Å². The lowest BCUT2D eigenvalue weighted by Crippen LogP contribution is -2.57. The number of anilines is 1. The minimum atomic E-state index is -1.92. The van der Waals surface area contributed by atoms with Gasteiger partial charge in [0.2, 0.25) is 0 Å². The maximum atomic E-state index is 12.6. The highest BCUT2D eigenvalue weighted by Crippen LogP contribution is 2.26. The molecule has 2 atom stereocenters. The van der Waals surface area contributed by atoms with Crippen LogP contribution in [0.3, 0.4) is 0 Å². The van der Waals surface area contributed by atoms with Crippen LogP contribution in [-0.4, -0.2) is 110 Å². The Morgan fingerprint density at radius 2 is 1.39 bits per heavy atom. The minimum Gasteiger partial charge on any atom is -0.481 e. The van der Waals surface area contributed by atoms with Crippen LogP contribution in [0.1, 0.15) is 19.3 Å². The molecule has 2 aliphatic rings. The summed E-state index contributed by atoms with van der Waals surface area (Å²) in [5.74, 6) is -2.66. The number of aromatic nitrogens is 1. The molecule has 0 spiro atoms. The summed E-state index contributed by atoms with van der Waals surface area (Å²) in [7, 11) is 0. The fraction of sp³-hybridized carbons (Fsp3) is 0.600. The molecule has 2 unspecified atom stereocenters. The summed E-state index contributed by atoms with van der Waals surface area (Å²) >= 11 is 0. The van der Waals surface area contributed by atoms with E-state index in [0.29, 0.717) is 26.2 Å². The highest BCUT2D eigenvalue weighted by atomic mass is 16.4. The van der Waals surface area contributed by atoms with Crippen LogP contribution in [0.15, 0.2) is 24.5 Å². The van der Waals surface area contributed by atoms with Gasteiger partial charge in [-0.05, 0) is 25.0 Å². The summed E-state index contributed by atoms with van der Waals surface area (Å²) < 4.78 is 0. The van der Waals surface area contributed by atoms with Gasteiger partial charge in [0, 0.05) is 57.3 Å². The highest BCUT2D eigenvalue weighted by molar-refractivity contribution is 5.91. The number of nitrogens with zero attached hydrogens (tertiary/aromatic N) is 4. The maximum Gasteiger partial charge on any atom is 0.306 e. The first-order chi connectivity index (χ1) is 14.7. The van der Waals surface area contributed by atoms with Crippen LogP contribution in [-0.2, 0) is 14.4 Å². The van der Waals surface area contributed by atoms with Crippen molar-refractivity contribution in [3.63, 3.8) is 0 Å². The molecule has 170 valence electrons. The van der Waals surface area contributed by atoms with Crippen molar-refractivity contribution in [1.82, 2.24) is 14.8 Å². The number of hydrogen-bond acceptors (Lipinski definition) is 8. The van der Waals surface area contributed by atoms with Crippen LogP contribution in [0.25, 0.3) is 0 Å². The van der Waals surface area contributed by atoms with Crippen molar-refractivity contribution in [1.29, 1.82) is 0 Å². The average Bonchev–Trinajstić information content (AvgIpc) is 2.77. The van der Waals surface area contributed by atoms with E-state index >= 15 is 0 Å². The van der Waals surface area contributed by atoms with Gasteiger partial charge in [-0.1, -0.05) is 0 Å². The summed E-state index contributed by atoms with van der Waals surface area (Å²) in [4.78, 5) is 44.7. The topological polar surface area (TPSA) is 155 Å². The third-order valence-corrected chi connectivity index (χ3v) is 5.91. The van der Waals surface area contributed by atoms with E-state index in [4.69, 9.17) is 5.11 Å². The van der Waals surface area contributed by atoms with Crippen molar-refractivity contribution in [2.24, 2.45) is 0 Å². The van der Waals surface area contributed by atoms with E-state index < -0.39 is 42.0 Å². The molecule has 0 radical (unpaired) electrons. The molecule has 0 aliphatic carbocycles. The Morgan fingerprint density at radius 1 is 0.903 bits per heavy atom. The smallest absolute Gasteiger partial charge is 0.306 e. The number of carboxylic acids is 1. The lowest BCUT2D eigenvalue weighted by atomic mass is 9.88. The van der Waals surface area contributed by atoms with Gasteiger partial charge in [-0.25, -0.2) is 0 Å². The second-order valence-electron chi connectivity index (χ2n) is 8.03. The van der Waals surface area contributed by atoms with Gasteiger partial charge in [-0.15, -0.1) is 0 Å². The first kappa shape index (κ1) is 22.9. The molecule has 1 aromatic heterocycles. The number of piperazine rings is 1.